The van der Waals surface area contributed by atoms with Gasteiger partial charge >= 0.3 is 12.1 Å². The Bertz CT molecular complexity index is 849. The molecular weight excluding hydrogens is 410 g/mol. The molecule has 9 heteroatoms. The Morgan fingerprint density at radius 2 is 1.83 bits per heavy atom. The van der Waals surface area contributed by atoms with Crippen molar-refractivity contribution >= 4 is 23.7 Å². The monoisotopic (exact) mass is 435 g/mol. The Balaban J connectivity index is 1.44. The predicted molar refractivity (Wildman–Crippen MR) is 109 cm³/mol. The average Bonchev–Trinajstić information content (AvgIpc) is 3.00. The van der Waals surface area contributed by atoms with E-state index in [4.69, 9.17) is 21.1 Å². The molecule has 1 N–H and O–H groups in total. The van der Waals surface area contributed by atoms with Crippen LogP contribution >= 0.6 is 11.6 Å². The van der Waals surface area contributed by atoms with Gasteiger partial charge in [-0.15, -0.1) is 0 Å². The number of rotatable bonds is 1. The number of amides is 3. The van der Waals surface area contributed by atoms with Gasteiger partial charge in [0.15, 0.2) is 0 Å². The van der Waals surface area contributed by atoms with Gasteiger partial charge in [-0.1, -0.05) is 11.6 Å². The molecule has 3 amide bonds. The summed E-state index contributed by atoms with van der Waals surface area (Å²) < 4.78 is 11.2. The van der Waals surface area contributed by atoms with Gasteiger partial charge < -0.3 is 24.4 Å². The number of hydrogen-bond donors (Lipinski definition) is 1. The van der Waals surface area contributed by atoms with Crippen LogP contribution in [0.5, 0.6) is 0 Å². The number of nitrogens with zero attached hydrogens (tertiary/aromatic N) is 3. The molecule has 1 aromatic carbocycles. The SMILES string of the molecule is O=C(N1CCc2cc(Cl)cc([C@@H]3COCCN3C(=O)O)c2C1)N1C2CCC1COC2. The van der Waals surface area contributed by atoms with Crippen molar-refractivity contribution in [3.05, 3.63) is 33.8 Å². The molecule has 4 aliphatic rings. The van der Waals surface area contributed by atoms with Crippen LogP contribution in [0.15, 0.2) is 12.1 Å². The third-order valence-electron chi connectivity index (χ3n) is 6.81. The van der Waals surface area contributed by atoms with Crippen LogP contribution in [0.4, 0.5) is 9.59 Å². The van der Waals surface area contributed by atoms with Crippen LogP contribution in [0.1, 0.15) is 35.6 Å². The van der Waals surface area contributed by atoms with Crippen LogP contribution in [0.3, 0.4) is 0 Å². The highest BCUT2D eigenvalue weighted by Gasteiger charge is 2.43. The van der Waals surface area contributed by atoms with E-state index in [1.54, 1.807) is 0 Å². The Kier molecular flexibility index (Phi) is 5.24. The van der Waals surface area contributed by atoms with Crippen LogP contribution in [0.2, 0.25) is 5.02 Å². The van der Waals surface area contributed by atoms with Gasteiger partial charge in [-0.25, -0.2) is 9.59 Å². The summed E-state index contributed by atoms with van der Waals surface area (Å²) in [7, 11) is 0. The molecular formula is C21H26ClN3O5. The molecule has 0 aliphatic carbocycles. The first-order chi connectivity index (χ1) is 14.5. The number of halogens is 1. The van der Waals surface area contributed by atoms with Crippen LogP contribution < -0.4 is 0 Å². The highest BCUT2D eigenvalue weighted by molar-refractivity contribution is 6.30. The molecule has 2 unspecified atom stereocenters. The fraction of sp³-hybridized carbons (Fsp3) is 0.619. The minimum absolute atomic E-state index is 0.0623. The van der Waals surface area contributed by atoms with E-state index in [-0.39, 0.29) is 18.1 Å². The summed E-state index contributed by atoms with van der Waals surface area (Å²) in [6, 6.07) is 3.75. The normalized spacial score (nSPS) is 28.4. The molecule has 4 heterocycles. The van der Waals surface area contributed by atoms with E-state index in [2.05, 4.69) is 0 Å². The minimum Gasteiger partial charge on any atom is -0.465 e. The summed E-state index contributed by atoms with van der Waals surface area (Å²) in [6.45, 7) is 3.31. The van der Waals surface area contributed by atoms with Crippen LogP contribution in [-0.2, 0) is 22.4 Å². The molecule has 30 heavy (non-hydrogen) atoms. The van der Waals surface area contributed by atoms with Gasteiger partial charge in [0.05, 0.1) is 44.6 Å². The molecule has 0 saturated carbocycles. The number of hydrogen-bond acceptors (Lipinski definition) is 4. The standard InChI is InChI=1S/C21H26ClN3O5/c22-14-7-13-3-4-23(20(26)25-15-1-2-16(25)11-30-10-15)9-18(13)17(8-14)19-12-29-6-5-24(19)21(27)28/h7-8,15-16,19H,1-6,9-12H2,(H,27,28)/t15?,16?,19-/m0/s1. The molecule has 1 aromatic rings. The van der Waals surface area contributed by atoms with E-state index in [9.17, 15) is 14.7 Å². The number of benzene rings is 1. The molecule has 2 bridgehead atoms. The number of ether oxygens (including phenoxy) is 2. The largest absolute Gasteiger partial charge is 0.465 e. The highest BCUT2D eigenvalue weighted by Crippen LogP contribution is 2.36. The smallest absolute Gasteiger partial charge is 0.407 e. The molecule has 5 rings (SSSR count). The summed E-state index contributed by atoms with van der Waals surface area (Å²) in [6.07, 6.45) is 1.73. The average molecular weight is 436 g/mol. The van der Waals surface area contributed by atoms with Crippen LogP contribution in [0, 0.1) is 0 Å². The van der Waals surface area contributed by atoms with E-state index in [0.29, 0.717) is 57.5 Å². The number of carbonyl (C=O) groups is 2. The van der Waals surface area contributed by atoms with Gasteiger partial charge in [-0.05, 0) is 48.1 Å². The molecule has 162 valence electrons. The zero-order chi connectivity index (χ0) is 20.8. The van der Waals surface area contributed by atoms with E-state index in [0.717, 1.165) is 29.5 Å². The summed E-state index contributed by atoms with van der Waals surface area (Å²) in [5, 5.41) is 10.3. The molecule has 0 spiro atoms. The first-order valence-corrected chi connectivity index (χ1v) is 10.9. The summed E-state index contributed by atoms with van der Waals surface area (Å²) >= 11 is 6.39. The van der Waals surface area contributed by atoms with Crippen molar-refractivity contribution in [3.8, 4) is 0 Å². The quantitative estimate of drug-likeness (QED) is 0.733. The number of carbonyl (C=O) groups excluding carboxylic acids is 1. The number of urea groups is 1. The van der Waals surface area contributed by atoms with Crippen molar-refractivity contribution in [2.24, 2.45) is 0 Å². The van der Waals surface area contributed by atoms with Gasteiger partial charge in [-0.2, -0.15) is 0 Å². The zero-order valence-corrected chi connectivity index (χ0v) is 17.5. The van der Waals surface area contributed by atoms with Crippen LogP contribution in [-0.4, -0.2) is 83.5 Å². The van der Waals surface area contributed by atoms with Crippen molar-refractivity contribution in [2.75, 3.05) is 39.5 Å². The molecule has 8 nitrogen and oxygen atoms in total. The Morgan fingerprint density at radius 3 is 2.57 bits per heavy atom. The first-order valence-electron chi connectivity index (χ1n) is 10.6. The fourth-order valence-corrected chi connectivity index (χ4v) is 5.56. The lowest BCUT2D eigenvalue weighted by molar-refractivity contribution is -0.00445. The third-order valence-corrected chi connectivity index (χ3v) is 7.02. The van der Waals surface area contributed by atoms with Crippen molar-refractivity contribution in [1.29, 1.82) is 0 Å². The van der Waals surface area contributed by atoms with Gasteiger partial charge in [0, 0.05) is 24.7 Å². The Labute approximate surface area is 180 Å². The summed E-state index contributed by atoms with van der Waals surface area (Å²) in [4.78, 5) is 30.5. The van der Waals surface area contributed by atoms with E-state index < -0.39 is 12.1 Å². The van der Waals surface area contributed by atoms with Crippen molar-refractivity contribution in [2.45, 2.75) is 43.9 Å². The molecule has 0 aromatic heterocycles. The second kappa shape index (κ2) is 7.90. The lowest BCUT2D eigenvalue weighted by Gasteiger charge is -2.41. The Morgan fingerprint density at radius 1 is 1.07 bits per heavy atom. The molecule has 3 saturated heterocycles. The Hall–Kier alpha value is -2.03. The van der Waals surface area contributed by atoms with Crippen LogP contribution in [0.25, 0.3) is 0 Å². The zero-order valence-electron chi connectivity index (χ0n) is 16.8. The number of morpholine rings is 2. The van der Waals surface area contributed by atoms with Crippen molar-refractivity contribution < 1.29 is 24.2 Å². The van der Waals surface area contributed by atoms with E-state index in [1.165, 1.54) is 4.90 Å². The first kappa shape index (κ1) is 19.9. The second-order valence-corrected chi connectivity index (χ2v) is 8.92. The molecule has 3 atom stereocenters. The maximum Gasteiger partial charge on any atom is 0.407 e. The molecule has 0 radical (unpaired) electrons. The lowest BCUT2D eigenvalue weighted by atomic mass is 9.90. The van der Waals surface area contributed by atoms with Crippen molar-refractivity contribution in [3.63, 3.8) is 0 Å². The highest BCUT2D eigenvalue weighted by atomic mass is 35.5. The van der Waals surface area contributed by atoms with Crippen molar-refractivity contribution in [1.82, 2.24) is 14.7 Å². The maximum absolute atomic E-state index is 13.4. The van der Waals surface area contributed by atoms with Gasteiger partial charge in [0.2, 0.25) is 0 Å². The topological polar surface area (TPSA) is 82.5 Å². The van der Waals surface area contributed by atoms with E-state index >= 15 is 0 Å². The fourth-order valence-electron chi connectivity index (χ4n) is 5.31. The van der Waals surface area contributed by atoms with E-state index in [1.807, 2.05) is 21.9 Å². The molecule has 4 aliphatic heterocycles. The molecule has 3 fully saturated rings. The van der Waals surface area contributed by atoms with Gasteiger partial charge in [-0.3, -0.25) is 4.90 Å². The second-order valence-electron chi connectivity index (χ2n) is 8.48. The van der Waals surface area contributed by atoms with Gasteiger partial charge in [0.25, 0.3) is 0 Å². The number of fused-ring (bicyclic) bond motifs is 3. The summed E-state index contributed by atoms with van der Waals surface area (Å²) in [5.41, 5.74) is 2.94. The van der Waals surface area contributed by atoms with Gasteiger partial charge in [0.1, 0.15) is 0 Å². The third kappa shape index (κ3) is 3.40. The maximum atomic E-state index is 13.4. The lowest BCUT2D eigenvalue weighted by Crippen LogP contribution is -2.55. The number of carboxylic acid groups (broad SMARTS) is 1. The minimum atomic E-state index is -0.967. The predicted octanol–water partition coefficient (Wildman–Crippen LogP) is 2.73. The summed E-state index contributed by atoms with van der Waals surface area (Å²) in [5.74, 6) is 0.